The number of benzene rings is 2. The zero-order valence-corrected chi connectivity index (χ0v) is 32.7. The molecular weight excluding hydrogens is 693 g/mol. The fourth-order valence-corrected chi connectivity index (χ4v) is 6.84. The molecule has 8 rings (SSSR count). The Morgan fingerprint density at radius 1 is 0.600 bits per heavy atom. The minimum absolute atomic E-state index is 0.0789. The maximum atomic E-state index is 6.13. The fraction of sp³-hybridized carbons (Fsp3) is 0.463. The zero-order chi connectivity index (χ0) is 38.3. The molecule has 14 nitrogen and oxygen atoms in total. The first-order valence-electron chi connectivity index (χ1n) is 19.6. The molecule has 0 unspecified atom stereocenters. The Balaban J connectivity index is 0.000000169. The number of aromatic nitrogens is 8. The van der Waals surface area contributed by atoms with E-state index in [1.165, 1.54) is 11.1 Å². The lowest BCUT2D eigenvalue weighted by molar-refractivity contribution is 0.153. The highest BCUT2D eigenvalue weighted by molar-refractivity contribution is 5.54. The molecule has 0 aliphatic carbocycles. The van der Waals surface area contributed by atoms with E-state index in [9.17, 15) is 0 Å². The molecule has 4 N–H and O–H groups in total. The Morgan fingerprint density at radius 3 is 1.47 bits per heavy atom. The zero-order valence-electron chi connectivity index (χ0n) is 32.7. The number of hydrogen-bond acceptors (Lipinski definition) is 12. The smallest absolute Gasteiger partial charge is 0.322 e. The van der Waals surface area contributed by atoms with Crippen LogP contribution in [0, 0.1) is 0 Å². The van der Waals surface area contributed by atoms with Crippen molar-refractivity contribution in [1.29, 1.82) is 0 Å². The molecule has 0 saturated carbocycles. The fourth-order valence-electron chi connectivity index (χ4n) is 6.84. The summed E-state index contributed by atoms with van der Waals surface area (Å²) in [6.45, 7) is 16.4. The second kappa shape index (κ2) is 17.4. The van der Waals surface area contributed by atoms with Gasteiger partial charge in [0, 0.05) is 24.2 Å². The lowest BCUT2D eigenvalue weighted by Gasteiger charge is -2.23. The molecule has 0 amide bonds. The summed E-state index contributed by atoms with van der Waals surface area (Å²) >= 11 is 0. The molecular formula is C41H54N12O2. The highest BCUT2D eigenvalue weighted by atomic mass is 16.5. The van der Waals surface area contributed by atoms with E-state index in [-0.39, 0.29) is 24.3 Å². The predicted molar refractivity (Wildman–Crippen MR) is 215 cm³/mol. The van der Waals surface area contributed by atoms with Gasteiger partial charge in [-0.2, -0.15) is 39.2 Å². The second-order valence-corrected chi connectivity index (χ2v) is 15.0. The molecule has 6 heterocycles. The van der Waals surface area contributed by atoms with Gasteiger partial charge in [0.05, 0.1) is 24.5 Å². The van der Waals surface area contributed by atoms with Gasteiger partial charge in [0.25, 0.3) is 0 Å². The summed E-state index contributed by atoms with van der Waals surface area (Å²) < 4.78 is 15.7. The molecule has 0 bridgehead atoms. The third-order valence-corrected chi connectivity index (χ3v) is 10.1. The molecule has 55 heavy (non-hydrogen) atoms. The van der Waals surface area contributed by atoms with Gasteiger partial charge in [-0.15, -0.1) is 0 Å². The van der Waals surface area contributed by atoms with Gasteiger partial charge in [-0.1, -0.05) is 88.4 Å². The van der Waals surface area contributed by atoms with Gasteiger partial charge in [0.15, 0.2) is 11.3 Å². The number of anilines is 2. The van der Waals surface area contributed by atoms with Crippen molar-refractivity contribution in [2.75, 3.05) is 36.8 Å². The van der Waals surface area contributed by atoms with E-state index in [4.69, 9.17) is 14.5 Å². The van der Waals surface area contributed by atoms with E-state index in [2.05, 4.69) is 112 Å². The van der Waals surface area contributed by atoms with Crippen LogP contribution in [-0.2, 0) is 0 Å². The van der Waals surface area contributed by atoms with Crippen molar-refractivity contribution >= 4 is 23.2 Å². The van der Waals surface area contributed by atoms with Crippen molar-refractivity contribution in [3.05, 3.63) is 95.3 Å². The Hall–Kier alpha value is -5.34. The first-order valence-corrected chi connectivity index (χ1v) is 19.6. The lowest BCUT2D eigenvalue weighted by Crippen LogP contribution is -2.37. The van der Waals surface area contributed by atoms with Crippen LogP contribution in [0.1, 0.15) is 107 Å². The van der Waals surface area contributed by atoms with Crippen LogP contribution in [0.25, 0.3) is 11.3 Å². The lowest BCUT2D eigenvalue weighted by atomic mass is 10.1. The molecule has 2 fully saturated rings. The third kappa shape index (κ3) is 9.14. The summed E-state index contributed by atoms with van der Waals surface area (Å²) in [5.74, 6) is 1.92. The van der Waals surface area contributed by atoms with Crippen molar-refractivity contribution in [2.24, 2.45) is 0 Å². The predicted octanol–water partition coefficient (Wildman–Crippen LogP) is 6.71. The number of piperidine rings is 1. The highest BCUT2D eigenvalue weighted by Crippen LogP contribution is 2.27. The number of fused-ring (bicyclic) bond motifs is 2. The van der Waals surface area contributed by atoms with Gasteiger partial charge in [-0.3, -0.25) is 0 Å². The Bertz CT molecular complexity index is 2120. The molecule has 4 aromatic heterocycles. The molecule has 6 aromatic rings. The normalized spacial score (nSPS) is 18.3. The maximum Gasteiger partial charge on any atom is 0.322 e. The minimum Gasteiger partial charge on any atom is -0.459 e. The van der Waals surface area contributed by atoms with Crippen molar-refractivity contribution in [3.63, 3.8) is 0 Å². The number of nitrogens with one attached hydrogen (secondary N) is 4. The van der Waals surface area contributed by atoms with Gasteiger partial charge in [-0.05, 0) is 69.2 Å². The van der Waals surface area contributed by atoms with E-state index >= 15 is 0 Å². The van der Waals surface area contributed by atoms with E-state index in [0.29, 0.717) is 35.8 Å². The van der Waals surface area contributed by atoms with Gasteiger partial charge >= 0.3 is 12.0 Å². The third-order valence-electron chi connectivity index (χ3n) is 10.1. The molecule has 14 heteroatoms. The Labute approximate surface area is 322 Å². The minimum atomic E-state index is 0.0789. The quantitative estimate of drug-likeness (QED) is 0.105. The first kappa shape index (κ1) is 38.0. The van der Waals surface area contributed by atoms with Gasteiger partial charge in [0.1, 0.15) is 12.2 Å². The van der Waals surface area contributed by atoms with Gasteiger partial charge in [-0.25, -0.2) is 0 Å². The number of nitrogens with zero attached hydrogens (tertiary/aromatic N) is 8. The van der Waals surface area contributed by atoms with Gasteiger partial charge < -0.3 is 30.7 Å². The standard InChI is InChI=1S/C21H28N6O.C20H26N6O/c1-14(2)18-13-23-27-19(18)25-21(28-17-10-7-11-22-12-17)26-20(27)24-15(3)16-8-5-4-6-9-16;1-13(2)17-12-22-26-18(17)24-20(27-16-9-10-21-11-16)25-19(26)23-14(3)15-7-5-4-6-8-15/h4-6,8-9,13-15,17,22H,7,10-12H2,1-3H3,(H,24,25,26);4-8,12-14,16,21H,9-11H2,1-3H3,(H,23,24,25)/t15-,17+;14-,16+/m00/s1. The summed E-state index contributed by atoms with van der Waals surface area (Å²) in [5.41, 5.74) is 6.13. The SMILES string of the molecule is CC(C)c1cnn2c(N[C@@H](C)c3ccccc3)nc(O[C@@H]3CCCNC3)nc12.CC(C)c1cnn2c(N[C@@H](C)c3ccccc3)nc(O[C@@H]3CCNC3)nc12. The molecule has 0 radical (unpaired) electrons. The summed E-state index contributed by atoms with van der Waals surface area (Å²) in [4.78, 5) is 18.6. The molecule has 2 aromatic carbocycles. The average Bonchev–Trinajstić information content (AvgIpc) is 3.97. The molecule has 2 aliphatic rings. The summed E-state index contributed by atoms with van der Waals surface area (Å²) in [6.07, 6.45) is 7.04. The van der Waals surface area contributed by atoms with E-state index in [0.717, 1.165) is 67.9 Å². The Morgan fingerprint density at radius 2 is 1.05 bits per heavy atom. The number of rotatable bonds is 12. The van der Waals surface area contributed by atoms with Crippen LogP contribution in [0.5, 0.6) is 12.0 Å². The van der Waals surface area contributed by atoms with Crippen molar-refractivity contribution in [1.82, 2.24) is 49.8 Å². The molecule has 2 saturated heterocycles. The Kier molecular flexibility index (Phi) is 12.0. The van der Waals surface area contributed by atoms with E-state index in [1.54, 1.807) is 9.03 Å². The second-order valence-electron chi connectivity index (χ2n) is 15.0. The van der Waals surface area contributed by atoms with Crippen LogP contribution in [0.4, 0.5) is 11.9 Å². The monoisotopic (exact) mass is 746 g/mol. The van der Waals surface area contributed by atoms with Crippen LogP contribution < -0.4 is 30.7 Å². The van der Waals surface area contributed by atoms with Crippen LogP contribution in [0.3, 0.4) is 0 Å². The number of hydrogen-bond donors (Lipinski definition) is 4. The average molecular weight is 747 g/mol. The van der Waals surface area contributed by atoms with Gasteiger partial charge in [0.2, 0.25) is 11.9 Å². The van der Waals surface area contributed by atoms with Crippen molar-refractivity contribution < 1.29 is 9.47 Å². The van der Waals surface area contributed by atoms with Crippen molar-refractivity contribution in [2.45, 2.75) is 96.9 Å². The molecule has 290 valence electrons. The largest absolute Gasteiger partial charge is 0.459 e. The van der Waals surface area contributed by atoms with Crippen molar-refractivity contribution in [3.8, 4) is 12.0 Å². The highest BCUT2D eigenvalue weighted by Gasteiger charge is 2.23. The summed E-state index contributed by atoms with van der Waals surface area (Å²) in [7, 11) is 0. The number of ether oxygens (including phenoxy) is 2. The molecule has 2 aliphatic heterocycles. The molecule has 0 spiro atoms. The molecule has 4 atom stereocenters. The summed E-state index contributed by atoms with van der Waals surface area (Å²) in [6, 6.07) is 21.6. The van der Waals surface area contributed by atoms with Crippen LogP contribution in [-0.4, -0.2) is 77.6 Å². The van der Waals surface area contributed by atoms with Crippen LogP contribution >= 0.6 is 0 Å². The van der Waals surface area contributed by atoms with E-state index in [1.807, 2.05) is 48.8 Å². The first-order chi connectivity index (χ1) is 26.7. The topological polar surface area (TPSA) is 153 Å². The summed E-state index contributed by atoms with van der Waals surface area (Å²) in [5, 5.41) is 22.7. The maximum absolute atomic E-state index is 6.13. The van der Waals surface area contributed by atoms with Crippen LogP contribution in [0.15, 0.2) is 73.1 Å². The van der Waals surface area contributed by atoms with Crippen LogP contribution in [0.2, 0.25) is 0 Å². The van der Waals surface area contributed by atoms with E-state index < -0.39 is 0 Å².